The molecule has 0 amide bonds. The summed E-state index contributed by atoms with van der Waals surface area (Å²) in [7, 11) is 0. The molecule has 0 aliphatic rings. The molecular weight excluding hydrogens is 440 g/mol. The van der Waals surface area contributed by atoms with Gasteiger partial charge in [-0.3, -0.25) is 9.59 Å². The lowest BCUT2D eigenvalue weighted by molar-refractivity contribution is -0.121. The molecular formula is C34H61O2. The number of rotatable bonds is 29. The first-order valence-corrected chi connectivity index (χ1v) is 16.0. The van der Waals surface area contributed by atoms with E-state index < -0.39 is 5.92 Å². The lowest BCUT2D eigenvalue weighted by Crippen LogP contribution is -2.15. The molecule has 36 heavy (non-hydrogen) atoms. The zero-order chi connectivity index (χ0) is 26.4. The van der Waals surface area contributed by atoms with Crippen LogP contribution in [0.1, 0.15) is 174 Å². The maximum absolute atomic E-state index is 12.4. The fraction of sp³-hybridized carbons (Fsp3) is 0.824. The summed E-state index contributed by atoms with van der Waals surface area (Å²) in [6, 6.07) is 0. The van der Waals surface area contributed by atoms with Crippen LogP contribution in [0.4, 0.5) is 0 Å². The average Bonchev–Trinajstić information content (AvgIpc) is 2.89. The second-order valence-corrected chi connectivity index (χ2v) is 10.8. The molecule has 0 aliphatic heterocycles. The number of allylic oxidation sites excluding steroid dienone is 4. The molecule has 0 aliphatic carbocycles. The third kappa shape index (κ3) is 25.9. The lowest BCUT2D eigenvalue weighted by Gasteiger charge is -2.09. The van der Waals surface area contributed by atoms with E-state index in [1.165, 1.54) is 109 Å². The Balaban J connectivity index is 3.51. The number of hydrogen-bond acceptors (Lipinski definition) is 2. The van der Waals surface area contributed by atoms with Crippen molar-refractivity contribution in [1.82, 2.24) is 0 Å². The molecule has 0 N–H and O–H groups in total. The number of unbranched alkanes of at least 4 members (excludes halogenated alkanes) is 19. The summed E-state index contributed by atoms with van der Waals surface area (Å²) >= 11 is 0. The van der Waals surface area contributed by atoms with Crippen molar-refractivity contribution < 1.29 is 9.59 Å². The Kier molecular flexibility index (Phi) is 29.1. The van der Waals surface area contributed by atoms with E-state index in [0.29, 0.717) is 12.8 Å². The SMILES string of the molecule is CCCCC/C=C\C/C=C\CCCCCCCC(=O)C([C]=O)CCCCCCCCCCCCCC. The molecule has 2 heteroatoms. The molecule has 2 nitrogen and oxygen atoms in total. The van der Waals surface area contributed by atoms with E-state index in [1.54, 1.807) is 0 Å². The van der Waals surface area contributed by atoms with Crippen molar-refractivity contribution in [2.45, 2.75) is 174 Å². The molecule has 0 aromatic heterocycles. The van der Waals surface area contributed by atoms with Crippen LogP contribution in [0.25, 0.3) is 0 Å². The molecule has 1 atom stereocenters. The normalized spacial score (nSPS) is 12.6. The first-order chi connectivity index (χ1) is 17.8. The number of carbonyl (C=O) groups is 1. The van der Waals surface area contributed by atoms with Gasteiger partial charge in [0, 0.05) is 6.42 Å². The van der Waals surface area contributed by atoms with Crippen LogP contribution in [0, 0.1) is 5.92 Å². The van der Waals surface area contributed by atoms with Gasteiger partial charge in [-0.05, 0) is 44.9 Å². The van der Waals surface area contributed by atoms with Crippen molar-refractivity contribution in [2.24, 2.45) is 5.92 Å². The first-order valence-electron chi connectivity index (χ1n) is 16.0. The topological polar surface area (TPSA) is 34.1 Å². The van der Waals surface area contributed by atoms with Gasteiger partial charge in [-0.15, -0.1) is 0 Å². The highest BCUT2D eigenvalue weighted by molar-refractivity contribution is 5.93. The number of Topliss-reactive ketones (excluding diaryl/α,β-unsaturated/α-hetero) is 1. The van der Waals surface area contributed by atoms with E-state index in [1.807, 2.05) is 6.29 Å². The summed E-state index contributed by atoms with van der Waals surface area (Å²) in [6.45, 7) is 4.51. The second kappa shape index (κ2) is 30.0. The van der Waals surface area contributed by atoms with E-state index >= 15 is 0 Å². The third-order valence-electron chi connectivity index (χ3n) is 7.25. The maximum atomic E-state index is 12.4. The summed E-state index contributed by atoms with van der Waals surface area (Å²) in [6.07, 6.45) is 41.2. The molecule has 0 bridgehead atoms. The fourth-order valence-electron chi connectivity index (χ4n) is 4.76. The van der Waals surface area contributed by atoms with Crippen molar-refractivity contribution in [2.75, 3.05) is 0 Å². The van der Waals surface area contributed by atoms with Crippen LogP contribution in [0.15, 0.2) is 24.3 Å². The maximum Gasteiger partial charge on any atom is 0.209 e. The Morgan fingerprint density at radius 1 is 0.556 bits per heavy atom. The summed E-state index contributed by atoms with van der Waals surface area (Å²) < 4.78 is 0. The van der Waals surface area contributed by atoms with Gasteiger partial charge in [0.2, 0.25) is 6.29 Å². The van der Waals surface area contributed by atoms with E-state index in [2.05, 4.69) is 38.2 Å². The largest absolute Gasteiger partial charge is 0.299 e. The summed E-state index contributed by atoms with van der Waals surface area (Å²) in [5.74, 6) is -0.349. The van der Waals surface area contributed by atoms with Gasteiger partial charge in [0.25, 0.3) is 0 Å². The predicted molar refractivity (Wildman–Crippen MR) is 159 cm³/mol. The minimum absolute atomic E-state index is 0.124. The summed E-state index contributed by atoms with van der Waals surface area (Å²) in [5, 5.41) is 0. The van der Waals surface area contributed by atoms with Crippen LogP contribution in [0.5, 0.6) is 0 Å². The van der Waals surface area contributed by atoms with Gasteiger partial charge in [-0.2, -0.15) is 0 Å². The van der Waals surface area contributed by atoms with Crippen molar-refractivity contribution >= 4 is 12.1 Å². The van der Waals surface area contributed by atoms with Crippen molar-refractivity contribution in [3.8, 4) is 0 Å². The van der Waals surface area contributed by atoms with Gasteiger partial charge in [-0.25, -0.2) is 0 Å². The third-order valence-corrected chi connectivity index (χ3v) is 7.25. The van der Waals surface area contributed by atoms with Crippen LogP contribution in [0.3, 0.4) is 0 Å². The Morgan fingerprint density at radius 3 is 1.50 bits per heavy atom. The smallest absolute Gasteiger partial charge is 0.209 e. The van der Waals surface area contributed by atoms with E-state index in [9.17, 15) is 9.59 Å². The van der Waals surface area contributed by atoms with Gasteiger partial charge in [0.05, 0.1) is 5.92 Å². The average molecular weight is 502 g/mol. The molecule has 0 aromatic rings. The van der Waals surface area contributed by atoms with Gasteiger partial charge in [0.1, 0.15) is 5.78 Å². The Hall–Kier alpha value is -1.18. The number of ketones is 1. The molecule has 0 rings (SSSR count). The summed E-state index contributed by atoms with van der Waals surface area (Å²) in [4.78, 5) is 23.6. The van der Waals surface area contributed by atoms with Gasteiger partial charge in [0.15, 0.2) is 0 Å². The standard InChI is InChI=1S/C34H61O2/c1-3-5-7-9-11-13-15-17-18-19-21-23-25-27-29-31-34(36)33(32-35)30-28-26-24-22-20-16-14-12-10-8-6-4-2/h11,13,17-18,33H,3-10,12,14-16,19-31H2,1-2H3/b13-11-,18-17-. The molecule has 0 fully saturated rings. The van der Waals surface area contributed by atoms with Crippen LogP contribution in [0.2, 0.25) is 0 Å². The van der Waals surface area contributed by atoms with E-state index in [-0.39, 0.29) is 5.78 Å². The molecule has 0 spiro atoms. The predicted octanol–water partition coefficient (Wildman–Crippen LogP) is 11.2. The molecule has 0 saturated heterocycles. The highest BCUT2D eigenvalue weighted by atomic mass is 16.1. The Morgan fingerprint density at radius 2 is 0.972 bits per heavy atom. The van der Waals surface area contributed by atoms with Crippen LogP contribution in [-0.4, -0.2) is 12.1 Å². The number of carbonyl (C=O) groups excluding carboxylic acids is 2. The minimum Gasteiger partial charge on any atom is -0.299 e. The minimum atomic E-state index is -0.473. The number of hydrogen-bond donors (Lipinski definition) is 0. The highest BCUT2D eigenvalue weighted by Gasteiger charge is 2.17. The van der Waals surface area contributed by atoms with Crippen LogP contribution in [-0.2, 0) is 9.59 Å². The quantitative estimate of drug-likeness (QED) is 0.0580. The zero-order valence-corrected chi connectivity index (χ0v) is 24.4. The van der Waals surface area contributed by atoms with Crippen LogP contribution >= 0.6 is 0 Å². The van der Waals surface area contributed by atoms with Crippen molar-refractivity contribution in [1.29, 1.82) is 0 Å². The Labute approximate surface area is 226 Å². The molecule has 0 aromatic carbocycles. The van der Waals surface area contributed by atoms with E-state index in [4.69, 9.17) is 0 Å². The molecule has 1 radical (unpaired) electrons. The zero-order valence-electron chi connectivity index (χ0n) is 24.4. The monoisotopic (exact) mass is 501 g/mol. The van der Waals surface area contributed by atoms with Gasteiger partial charge < -0.3 is 0 Å². The fourth-order valence-corrected chi connectivity index (χ4v) is 4.76. The molecule has 0 heterocycles. The highest BCUT2D eigenvalue weighted by Crippen LogP contribution is 2.17. The van der Waals surface area contributed by atoms with Gasteiger partial charge in [-0.1, -0.05) is 147 Å². The lowest BCUT2D eigenvalue weighted by atomic mass is 9.94. The second-order valence-electron chi connectivity index (χ2n) is 10.8. The van der Waals surface area contributed by atoms with Gasteiger partial charge >= 0.3 is 0 Å². The Bertz CT molecular complexity index is 519. The molecule has 1 unspecified atom stereocenters. The van der Waals surface area contributed by atoms with E-state index in [0.717, 1.165) is 38.5 Å². The molecule has 0 saturated carbocycles. The van der Waals surface area contributed by atoms with Crippen LogP contribution < -0.4 is 0 Å². The van der Waals surface area contributed by atoms with Crippen molar-refractivity contribution in [3.05, 3.63) is 24.3 Å². The first kappa shape index (κ1) is 34.8. The molecule has 209 valence electrons. The van der Waals surface area contributed by atoms with Crippen molar-refractivity contribution in [3.63, 3.8) is 0 Å². The summed E-state index contributed by atoms with van der Waals surface area (Å²) in [5.41, 5.74) is 0.